The van der Waals surface area contributed by atoms with Crippen LogP contribution in [0.15, 0.2) is 24.3 Å². The third-order valence-corrected chi connectivity index (χ3v) is 5.86. The Labute approximate surface area is 145 Å². The van der Waals surface area contributed by atoms with Crippen molar-refractivity contribution in [1.29, 1.82) is 5.26 Å². The Bertz CT molecular complexity index is 565. The Balaban J connectivity index is 0.000000526. The fourth-order valence-corrected chi connectivity index (χ4v) is 5.06. The first kappa shape index (κ1) is 17.1. The fourth-order valence-electron chi connectivity index (χ4n) is 5.06. The summed E-state index contributed by atoms with van der Waals surface area (Å²) in [6, 6.07) is 9.81. The van der Waals surface area contributed by atoms with Crippen LogP contribution in [-0.2, 0) is 0 Å². The predicted molar refractivity (Wildman–Crippen MR) is 93.7 cm³/mol. The molecule has 3 aliphatic rings. The first-order chi connectivity index (χ1) is 11.8. The normalized spacial score (nSPS) is 32.5. The molecule has 4 atom stereocenters. The van der Waals surface area contributed by atoms with E-state index in [0.717, 1.165) is 35.2 Å². The van der Waals surface area contributed by atoms with E-state index in [1.165, 1.54) is 39.0 Å². The summed E-state index contributed by atoms with van der Waals surface area (Å²) in [7, 11) is 1.89. The molecule has 0 amide bonds. The molecule has 1 aromatic carbocycles. The zero-order valence-corrected chi connectivity index (χ0v) is 14.7. The zero-order valence-electron chi connectivity index (χ0n) is 14.7. The van der Waals surface area contributed by atoms with E-state index in [-0.39, 0.29) is 0 Å². The summed E-state index contributed by atoms with van der Waals surface area (Å²) in [6.07, 6.45) is 7.35. The molecule has 1 N–H and O–H groups in total. The van der Waals surface area contributed by atoms with Crippen LogP contribution in [-0.4, -0.2) is 19.9 Å². The van der Waals surface area contributed by atoms with Crippen molar-refractivity contribution in [3.05, 3.63) is 24.3 Å². The van der Waals surface area contributed by atoms with Gasteiger partial charge in [-0.25, -0.2) is 0 Å². The molecule has 24 heavy (non-hydrogen) atoms. The molecule has 4 heteroatoms. The summed E-state index contributed by atoms with van der Waals surface area (Å²) in [6.45, 7) is 1.94. The molecule has 3 saturated carbocycles. The minimum atomic E-state index is 0.391. The largest absolute Gasteiger partial charge is 0.487 e. The molecule has 0 heterocycles. The van der Waals surface area contributed by atoms with Crippen LogP contribution in [0.2, 0.25) is 0 Å². The number of benzene rings is 1. The topological polar surface area (TPSA) is 54.3 Å². The average Bonchev–Trinajstić information content (AvgIpc) is 3.27. The van der Waals surface area contributed by atoms with E-state index in [9.17, 15) is 0 Å². The monoisotopic (exact) mass is 328 g/mol. The molecule has 130 valence electrons. The first-order valence-corrected chi connectivity index (χ1v) is 9.10. The summed E-state index contributed by atoms with van der Waals surface area (Å²) in [5.41, 5.74) is 0. The van der Waals surface area contributed by atoms with Gasteiger partial charge >= 0.3 is 0 Å². The molecule has 0 aromatic heterocycles. The van der Waals surface area contributed by atoms with Crippen molar-refractivity contribution in [2.24, 2.45) is 23.7 Å². The van der Waals surface area contributed by atoms with Gasteiger partial charge in [-0.05, 0) is 75.0 Å². The van der Waals surface area contributed by atoms with Gasteiger partial charge in [0.25, 0.3) is 0 Å². The lowest BCUT2D eigenvalue weighted by Gasteiger charge is -2.23. The first-order valence-electron chi connectivity index (χ1n) is 9.10. The molecular weight excluding hydrogens is 300 g/mol. The van der Waals surface area contributed by atoms with Crippen LogP contribution < -0.4 is 14.8 Å². The highest BCUT2D eigenvalue weighted by atomic mass is 16.5. The van der Waals surface area contributed by atoms with E-state index in [1.54, 1.807) is 6.07 Å². The lowest BCUT2D eigenvalue weighted by atomic mass is 9.82. The molecule has 0 aliphatic heterocycles. The van der Waals surface area contributed by atoms with E-state index in [4.69, 9.17) is 14.7 Å². The van der Waals surface area contributed by atoms with Crippen LogP contribution in [0.5, 0.6) is 11.5 Å². The van der Waals surface area contributed by atoms with Crippen molar-refractivity contribution in [1.82, 2.24) is 5.32 Å². The molecule has 2 bridgehead atoms. The highest BCUT2D eigenvalue weighted by Gasteiger charge is 2.52. The number of nitrogens with zero attached hydrogens (tertiary/aromatic N) is 1. The maximum atomic E-state index is 7.32. The number of hydrogen-bond donors (Lipinski definition) is 1. The number of para-hydroxylation sites is 2. The zero-order chi connectivity index (χ0) is 16.9. The van der Waals surface area contributed by atoms with Crippen molar-refractivity contribution in [2.45, 2.75) is 45.1 Å². The lowest BCUT2D eigenvalue weighted by molar-refractivity contribution is 0.179. The summed E-state index contributed by atoms with van der Waals surface area (Å²) in [5.74, 6) is 5.66. The van der Waals surface area contributed by atoms with Crippen LogP contribution in [0.1, 0.15) is 39.0 Å². The summed E-state index contributed by atoms with van der Waals surface area (Å²) in [4.78, 5) is 0. The Kier molecular flexibility index (Phi) is 5.63. The second-order valence-electron chi connectivity index (χ2n) is 7.18. The molecule has 0 spiro atoms. The van der Waals surface area contributed by atoms with E-state index in [0.29, 0.717) is 12.8 Å². The molecule has 1 aromatic rings. The van der Waals surface area contributed by atoms with Gasteiger partial charge in [0.05, 0.1) is 12.2 Å². The van der Waals surface area contributed by atoms with Gasteiger partial charge in [0.15, 0.2) is 11.5 Å². The van der Waals surface area contributed by atoms with Gasteiger partial charge in [0.2, 0.25) is 0 Å². The van der Waals surface area contributed by atoms with E-state index in [1.807, 2.05) is 31.3 Å². The second-order valence-corrected chi connectivity index (χ2v) is 7.18. The molecular formula is C20H28N2O2. The summed E-state index contributed by atoms with van der Waals surface area (Å²) >= 11 is 0. The van der Waals surface area contributed by atoms with Crippen molar-refractivity contribution in [2.75, 3.05) is 13.8 Å². The number of fused-ring (bicyclic) bond motifs is 5. The molecule has 3 fully saturated rings. The average molecular weight is 328 g/mol. The van der Waals surface area contributed by atoms with E-state index in [2.05, 4.69) is 5.32 Å². The van der Waals surface area contributed by atoms with Gasteiger partial charge in [0.1, 0.15) is 6.73 Å². The van der Waals surface area contributed by atoms with Crippen LogP contribution in [0, 0.1) is 35.0 Å². The third-order valence-electron chi connectivity index (χ3n) is 5.86. The predicted octanol–water partition coefficient (Wildman–Crippen LogP) is 3.98. The maximum absolute atomic E-state index is 7.32. The summed E-state index contributed by atoms with van der Waals surface area (Å²) < 4.78 is 12.0. The molecule has 4 rings (SSSR count). The molecule has 0 radical (unpaired) electrons. The van der Waals surface area contributed by atoms with Crippen LogP contribution in [0.4, 0.5) is 0 Å². The quantitative estimate of drug-likeness (QED) is 0.831. The number of rotatable bonds is 5. The molecule has 4 nitrogen and oxygen atoms in total. The highest BCUT2D eigenvalue weighted by molar-refractivity contribution is 5.39. The standard InChI is InChI=1S/C18H25NO2.C2H3N/c1-19-11-20-17-4-2-3-5-18(17)21-14-9-15-12-6-7-13(8-12)16(15)10-14;1-2-3/h2-5,12-16,19H,6-11H2,1H3;1H3. The number of nitriles is 1. The van der Waals surface area contributed by atoms with Gasteiger partial charge in [-0.2, -0.15) is 5.26 Å². The minimum Gasteiger partial charge on any atom is -0.487 e. The molecule has 4 unspecified atom stereocenters. The van der Waals surface area contributed by atoms with Crippen LogP contribution >= 0.6 is 0 Å². The second kappa shape index (κ2) is 7.90. The van der Waals surface area contributed by atoms with Crippen molar-refractivity contribution in [3.8, 4) is 17.6 Å². The Morgan fingerprint density at radius 2 is 1.67 bits per heavy atom. The van der Waals surface area contributed by atoms with Crippen LogP contribution in [0.3, 0.4) is 0 Å². The van der Waals surface area contributed by atoms with Gasteiger partial charge < -0.3 is 9.47 Å². The van der Waals surface area contributed by atoms with Crippen molar-refractivity contribution < 1.29 is 9.47 Å². The smallest absolute Gasteiger partial charge is 0.163 e. The SMILES string of the molecule is CC#N.CNCOc1ccccc1OC1CC2C3CCC(C3)C2C1. The van der Waals surface area contributed by atoms with Gasteiger partial charge in [-0.15, -0.1) is 0 Å². The van der Waals surface area contributed by atoms with Crippen LogP contribution in [0.25, 0.3) is 0 Å². The van der Waals surface area contributed by atoms with Gasteiger partial charge in [-0.3, -0.25) is 5.32 Å². The minimum absolute atomic E-state index is 0.391. The maximum Gasteiger partial charge on any atom is 0.163 e. The number of ether oxygens (including phenoxy) is 2. The van der Waals surface area contributed by atoms with Gasteiger partial charge in [0, 0.05) is 6.92 Å². The van der Waals surface area contributed by atoms with Gasteiger partial charge in [-0.1, -0.05) is 12.1 Å². The van der Waals surface area contributed by atoms with E-state index < -0.39 is 0 Å². The lowest BCUT2D eigenvalue weighted by Crippen LogP contribution is -2.17. The third kappa shape index (κ3) is 3.52. The van der Waals surface area contributed by atoms with Crippen molar-refractivity contribution >= 4 is 0 Å². The summed E-state index contributed by atoms with van der Waals surface area (Å²) in [5, 5.41) is 10.3. The van der Waals surface area contributed by atoms with Crippen molar-refractivity contribution in [3.63, 3.8) is 0 Å². The Morgan fingerprint density at radius 1 is 1.08 bits per heavy atom. The fraction of sp³-hybridized carbons (Fsp3) is 0.650. The number of nitrogens with one attached hydrogen (secondary N) is 1. The number of hydrogen-bond acceptors (Lipinski definition) is 4. The molecule has 0 saturated heterocycles. The Hall–Kier alpha value is -1.73. The molecule has 3 aliphatic carbocycles. The highest BCUT2D eigenvalue weighted by Crippen LogP contribution is 2.59. The Morgan fingerprint density at radius 3 is 2.25 bits per heavy atom. The van der Waals surface area contributed by atoms with E-state index >= 15 is 0 Å².